The maximum Gasteiger partial charge on any atom is 0.422 e. The molecule has 0 aliphatic heterocycles. The molecule has 0 saturated carbocycles. The van der Waals surface area contributed by atoms with Crippen LogP contribution in [0.15, 0.2) is 24.3 Å². The van der Waals surface area contributed by atoms with Crippen LogP contribution in [0.4, 0.5) is 18.0 Å². The number of rotatable bonds is 5. The molecule has 112 valence electrons. The number of halogens is 3. The zero-order valence-electron chi connectivity index (χ0n) is 11.2. The van der Waals surface area contributed by atoms with Crippen LogP contribution in [-0.2, 0) is 4.74 Å². The normalized spacial score (nSPS) is 12.7. The lowest BCUT2D eigenvalue weighted by atomic mass is 10.0. The number of carbonyl (C=O) groups is 1. The summed E-state index contributed by atoms with van der Waals surface area (Å²) < 4.78 is 44.9. The van der Waals surface area contributed by atoms with Gasteiger partial charge < -0.3 is 14.8 Å². The molecule has 1 aromatic rings. The van der Waals surface area contributed by atoms with Gasteiger partial charge in [-0.15, -0.1) is 0 Å². The van der Waals surface area contributed by atoms with Gasteiger partial charge in [-0.05, 0) is 24.1 Å². The first-order chi connectivity index (χ1) is 9.35. The zero-order chi connectivity index (χ0) is 15.2. The minimum Gasteiger partial charge on any atom is -0.497 e. The first-order valence-corrected chi connectivity index (χ1v) is 5.99. The van der Waals surface area contributed by atoms with Crippen LogP contribution in [0.2, 0.25) is 0 Å². The molecule has 0 heterocycles. The SMILES string of the molecule is CCC(NC(=O)OCC(F)(F)F)c1ccc(OC)cc1. The molecule has 1 rings (SSSR count). The number of alkyl carbamates (subject to hydrolysis) is 1. The second-order valence-corrected chi connectivity index (χ2v) is 4.07. The van der Waals surface area contributed by atoms with Crippen molar-refractivity contribution in [2.24, 2.45) is 0 Å². The predicted molar refractivity (Wildman–Crippen MR) is 66.6 cm³/mol. The van der Waals surface area contributed by atoms with Crippen molar-refractivity contribution in [1.82, 2.24) is 5.32 Å². The van der Waals surface area contributed by atoms with E-state index >= 15 is 0 Å². The highest BCUT2D eigenvalue weighted by atomic mass is 19.4. The standard InChI is InChI=1S/C13H16F3NO3/c1-3-11(9-4-6-10(19-2)7-5-9)17-12(18)20-8-13(14,15)16/h4-7,11H,3,8H2,1-2H3,(H,17,18). The predicted octanol–water partition coefficient (Wildman–Crippen LogP) is 3.43. The van der Waals surface area contributed by atoms with Gasteiger partial charge in [0.25, 0.3) is 0 Å². The fourth-order valence-corrected chi connectivity index (χ4v) is 1.59. The molecule has 1 N–H and O–H groups in total. The number of hydrogen-bond acceptors (Lipinski definition) is 3. The minimum atomic E-state index is -4.53. The molecule has 20 heavy (non-hydrogen) atoms. The molecule has 1 amide bonds. The van der Waals surface area contributed by atoms with Crippen LogP contribution in [-0.4, -0.2) is 26.0 Å². The third-order valence-electron chi connectivity index (χ3n) is 2.59. The molecule has 0 radical (unpaired) electrons. The number of amides is 1. The van der Waals surface area contributed by atoms with Crippen molar-refractivity contribution in [1.29, 1.82) is 0 Å². The molecule has 0 bridgehead atoms. The van der Waals surface area contributed by atoms with Crippen LogP contribution < -0.4 is 10.1 Å². The number of carbonyl (C=O) groups excluding carboxylic acids is 1. The summed E-state index contributed by atoms with van der Waals surface area (Å²) in [7, 11) is 1.53. The third-order valence-corrected chi connectivity index (χ3v) is 2.59. The van der Waals surface area contributed by atoms with Crippen LogP contribution in [0.3, 0.4) is 0 Å². The highest BCUT2D eigenvalue weighted by Crippen LogP contribution is 2.20. The van der Waals surface area contributed by atoms with E-state index in [1.807, 2.05) is 0 Å². The maximum atomic E-state index is 11.9. The van der Waals surface area contributed by atoms with Crippen molar-refractivity contribution in [3.8, 4) is 5.75 Å². The Morgan fingerprint density at radius 2 is 1.90 bits per heavy atom. The molecule has 0 saturated heterocycles. The van der Waals surface area contributed by atoms with Crippen molar-refractivity contribution in [2.45, 2.75) is 25.6 Å². The molecule has 0 aliphatic carbocycles. The van der Waals surface area contributed by atoms with Gasteiger partial charge in [-0.1, -0.05) is 19.1 Å². The maximum absolute atomic E-state index is 11.9. The Hall–Kier alpha value is -1.92. The monoisotopic (exact) mass is 291 g/mol. The number of hydrogen-bond donors (Lipinski definition) is 1. The van der Waals surface area contributed by atoms with Gasteiger partial charge >= 0.3 is 12.3 Å². The van der Waals surface area contributed by atoms with Crippen molar-refractivity contribution < 1.29 is 27.4 Å². The van der Waals surface area contributed by atoms with Gasteiger partial charge in [-0.25, -0.2) is 4.79 Å². The summed E-state index contributed by atoms with van der Waals surface area (Å²) >= 11 is 0. The Bertz CT molecular complexity index is 431. The lowest BCUT2D eigenvalue weighted by Crippen LogP contribution is -2.31. The topological polar surface area (TPSA) is 47.6 Å². The molecule has 7 heteroatoms. The zero-order valence-corrected chi connectivity index (χ0v) is 11.2. The third kappa shape index (κ3) is 5.38. The van der Waals surface area contributed by atoms with E-state index in [1.165, 1.54) is 7.11 Å². The van der Waals surface area contributed by atoms with Crippen LogP contribution in [0.1, 0.15) is 24.9 Å². The number of nitrogens with one attached hydrogen (secondary N) is 1. The smallest absolute Gasteiger partial charge is 0.422 e. The lowest BCUT2D eigenvalue weighted by molar-refractivity contribution is -0.160. The molecule has 4 nitrogen and oxygen atoms in total. The average molecular weight is 291 g/mol. The van der Waals surface area contributed by atoms with Gasteiger partial charge in [-0.3, -0.25) is 0 Å². The van der Waals surface area contributed by atoms with Gasteiger partial charge in [0.2, 0.25) is 0 Å². The molecule has 1 unspecified atom stereocenters. The Balaban J connectivity index is 2.59. The quantitative estimate of drug-likeness (QED) is 0.904. The fraction of sp³-hybridized carbons (Fsp3) is 0.462. The summed E-state index contributed by atoms with van der Waals surface area (Å²) in [6.07, 6.45) is -5.10. The molecule has 0 fully saturated rings. The number of methoxy groups -OCH3 is 1. The van der Waals surface area contributed by atoms with Crippen LogP contribution in [0.5, 0.6) is 5.75 Å². The largest absolute Gasteiger partial charge is 0.497 e. The van der Waals surface area contributed by atoms with Crippen molar-refractivity contribution in [2.75, 3.05) is 13.7 Å². The molecule has 0 aliphatic rings. The molecule has 1 atom stereocenters. The van der Waals surface area contributed by atoms with E-state index in [0.29, 0.717) is 12.2 Å². The van der Waals surface area contributed by atoms with Crippen molar-refractivity contribution in [3.63, 3.8) is 0 Å². The second kappa shape index (κ2) is 7.02. The average Bonchev–Trinajstić information content (AvgIpc) is 2.42. The number of ether oxygens (including phenoxy) is 2. The Kier molecular flexibility index (Phi) is 5.66. The van der Waals surface area contributed by atoms with E-state index < -0.39 is 24.9 Å². The Morgan fingerprint density at radius 1 is 1.30 bits per heavy atom. The van der Waals surface area contributed by atoms with E-state index in [2.05, 4.69) is 10.1 Å². The van der Waals surface area contributed by atoms with Crippen LogP contribution in [0, 0.1) is 0 Å². The van der Waals surface area contributed by atoms with E-state index in [9.17, 15) is 18.0 Å². The second-order valence-electron chi connectivity index (χ2n) is 4.07. The van der Waals surface area contributed by atoms with Gasteiger partial charge in [0.15, 0.2) is 6.61 Å². The van der Waals surface area contributed by atoms with Gasteiger partial charge in [-0.2, -0.15) is 13.2 Å². The van der Waals surface area contributed by atoms with Crippen molar-refractivity contribution in [3.05, 3.63) is 29.8 Å². The molecule has 0 spiro atoms. The van der Waals surface area contributed by atoms with Gasteiger partial charge in [0.05, 0.1) is 13.2 Å². The minimum absolute atomic E-state index is 0.415. The lowest BCUT2D eigenvalue weighted by Gasteiger charge is -2.18. The first kappa shape index (κ1) is 16.1. The van der Waals surface area contributed by atoms with Crippen molar-refractivity contribution >= 4 is 6.09 Å². The first-order valence-electron chi connectivity index (χ1n) is 5.99. The van der Waals surface area contributed by atoms with Gasteiger partial charge in [0, 0.05) is 0 Å². The van der Waals surface area contributed by atoms with Gasteiger partial charge in [0.1, 0.15) is 5.75 Å². The fourth-order valence-electron chi connectivity index (χ4n) is 1.59. The molecular formula is C13H16F3NO3. The molecule has 0 aromatic heterocycles. The van der Waals surface area contributed by atoms with E-state index in [4.69, 9.17) is 4.74 Å². The van der Waals surface area contributed by atoms with E-state index in [0.717, 1.165) is 5.56 Å². The van der Waals surface area contributed by atoms with Crippen LogP contribution >= 0.6 is 0 Å². The summed E-state index contributed by atoms with van der Waals surface area (Å²) in [6.45, 7) is 0.205. The summed E-state index contributed by atoms with van der Waals surface area (Å²) in [5.41, 5.74) is 0.761. The summed E-state index contributed by atoms with van der Waals surface area (Å²) in [5, 5.41) is 2.39. The van der Waals surface area contributed by atoms with E-state index in [-0.39, 0.29) is 0 Å². The molecular weight excluding hydrogens is 275 g/mol. The van der Waals surface area contributed by atoms with E-state index in [1.54, 1.807) is 31.2 Å². The highest BCUT2D eigenvalue weighted by Gasteiger charge is 2.30. The summed E-state index contributed by atoms with van der Waals surface area (Å²) in [5.74, 6) is 0.656. The number of benzene rings is 1. The summed E-state index contributed by atoms with van der Waals surface area (Å²) in [6, 6.07) is 6.47. The summed E-state index contributed by atoms with van der Waals surface area (Å²) in [4.78, 5) is 11.3. The highest BCUT2D eigenvalue weighted by molar-refractivity contribution is 5.68. The molecule has 1 aromatic carbocycles. The Labute approximate surface area is 114 Å². The number of alkyl halides is 3. The van der Waals surface area contributed by atoms with Crippen LogP contribution in [0.25, 0.3) is 0 Å². The Morgan fingerprint density at radius 3 is 2.35 bits per heavy atom.